The number of nitrogens with zero attached hydrogens (tertiary/aromatic N) is 1. The smallest absolute Gasteiger partial charge is 0.274 e. The van der Waals surface area contributed by atoms with Crippen LogP contribution >= 0.6 is 11.6 Å². The summed E-state index contributed by atoms with van der Waals surface area (Å²) in [6.07, 6.45) is 6.64. The zero-order valence-electron chi connectivity index (χ0n) is 13.5. The van der Waals surface area contributed by atoms with Crippen LogP contribution in [0.3, 0.4) is 0 Å². The number of carbonyl (C=O) groups is 1. The van der Waals surface area contributed by atoms with Crippen molar-refractivity contribution in [1.29, 1.82) is 0 Å². The van der Waals surface area contributed by atoms with Crippen LogP contribution in [0.1, 0.15) is 36.2 Å². The molecule has 0 saturated heterocycles. The standard InChI is InChI=1S/C18H20ClN3O2/c1-24-17-9-7-13(10-15(17)19)22-18(23)16-8-6-14(11-20-16)21-12-4-2-3-5-12/h6-12,21H,2-5H2,1H3,(H,22,23). The van der Waals surface area contributed by atoms with Crippen LogP contribution in [-0.2, 0) is 0 Å². The SMILES string of the molecule is COc1ccc(NC(=O)c2ccc(NC3CCCC3)cn2)cc1Cl. The molecule has 1 aliphatic rings. The monoisotopic (exact) mass is 345 g/mol. The van der Waals surface area contributed by atoms with Crippen molar-refractivity contribution < 1.29 is 9.53 Å². The molecule has 1 aliphatic carbocycles. The van der Waals surface area contributed by atoms with Crippen molar-refractivity contribution in [3.63, 3.8) is 0 Å². The van der Waals surface area contributed by atoms with E-state index in [0.717, 1.165) is 5.69 Å². The number of pyridine rings is 1. The molecule has 1 fully saturated rings. The predicted octanol–water partition coefficient (Wildman–Crippen LogP) is 4.35. The van der Waals surface area contributed by atoms with Crippen LogP contribution < -0.4 is 15.4 Å². The van der Waals surface area contributed by atoms with Crippen molar-refractivity contribution in [3.05, 3.63) is 47.2 Å². The van der Waals surface area contributed by atoms with Crippen LogP contribution in [0.2, 0.25) is 5.02 Å². The molecule has 6 heteroatoms. The largest absolute Gasteiger partial charge is 0.495 e. The molecule has 0 aliphatic heterocycles. The molecule has 0 bridgehead atoms. The van der Waals surface area contributed by atoms with Gasteiger partial charge in [0.1, 0.15) is 11.4 Å². The Morgan fingerprint density at radius 2 is 1.96 bits per heavy atom. The third-order valence-corrected chi connectivity index (χ3v) is 4.43. The first-order valence-corrected chi connectivity index (χ1v) is 8.41. The summed E-state index contributed by atoms with van der Waals surface area (Å²) in [5, 5.41) is 6.68. The first-order chi connectivity index (χ1) is 11.7. The molecule has 5 nitrogen and oxygen atoms in total. The Morgan fingerprint density at radius 3 is 2.58 bits per heavy atom. The molecule has 3 rings (SSSR count). The zero-order chi connectivity index (χ0) is 16.9. The van der Waals surface area contributed by atoms with Crippen molar-refractivity contribution in [3.8, 4) is 5.75 Å². The highest BCUT2D eigenvalue weighted by Crippen LogP contribution is 2.27. The Hall–Kier alpha value is -2.27. The minimum Gasteiger partial charge on any atom is -0.495 e. The van der Waals surface area contributed by atoms with E-state index in [0.29, 0.717) is 28.2 Å². The van der Waals surface area contributed by atoms with Gasteiger partial charge >= 0.3 is 0 Å². The molecule has 0 spiro atoms. The molecule has 2 N–H and O–H groups in total. The summed E-state index contributed by atoms with van der Waals surface area (Å²) in [6.45, 7) is 0. The topological polar surface area (TPSA) is 63.2 Å². The molecule has 1 amide bonds. The summed E-state index contributed by atoms with van der Waals surface area (Å²) >= 11 is 6.06. The van der Waals surface area contributed by atoms with Gasteiger partial charge in [-0.25, -0.2) is 4.98 Å². The van der Waals surface area contributed by atoms with Crippen LogP contribution in [0.5, 0.6) is 5.75 Å². The maximum absolute atomic E-state index is 12.3. The van der Waals surface area contributed by atoms with E-state index in [4.69, 9.17) is 16.3 Å². The molecule has 0 radical (unpaired) electrons. The lowest BCUT2D eigenvalue weighted by Gasteiger charge is -2.13. The van der Waals surface area contributed by atoms with Crippen LogP contribution in [0.4, 0.5) is 11.4 Å². The number of methoxy groups -OCH3 is 1. The quantitative estimate of drug-likeness (QED) is 0.845. The lowest BCUT2D eigenvalue weighted by atomic mass is 10.2. The molecule has 1 aromatic heterocycles. The van der Waals surface area contributed by atoms with Crippen molar-refractivity contribution in [2.24, 2.45) is 0 Å². The summed E-state index contributed by atoms with van der Waals surface area (Å²) in [5.74, 6) is 0.291. The van der Waals surface area contributed by atoms with Crippen molar-refractivity contribution in [1.82, 2.24) is 4.98 Å². The Morgan fingerprint density at radius 1 is 1.21 bits per heavy atom. The highest BCUT2D eigenvalue weighted by molar-refractivity contribution is 6.32. The van der Waals surface area contributed by atoms with E-state index in [-0.39, 0.29) is 5.91 Å². The Labute approximate surface area is 146 Å². The van der Waals surface area contributed by atoms with Crippen molar-refractivity contribution >= 4 is 28.9 Å². The van der Waals surface area contributed by atoms with Crippen LogP contribution in [-0.4, -0.2) is 24.0 Å². The first-order valence-electron chi connectivity index (χ1n) is 8.03. The highest BCUT2D eigenvalue weighted by atomic mass is 35.5. The molecule has 1 aromatic carbocycles. The van der Waals surface area contributed by atoms with Crippen LogP contribution in [0.15, 0.2) is 36.5 Å². The third-order valence-electron chi connectivity index (χ3n) is 4.13. The number of carbonyl (C=O) groups excluding carboxylic acids is 1. The van der Waals surface area contributed by atoms with E-state index in [1.54, 1.807) is 37.6 Å². The van der Waals surface area contributed by atoms with Crippen LogP contribution in [0.25, 0.3) is 0 Å². The van der Waals surface area contributed by atoms with Gasteiger partial charge in [0.25, 0.3) is 5.91 Å². The molecule has 2 aromatic rings. The fourth-order valence-electron chi connectivity index (χ4n) is 2.86. The highest BCUT2D eigenvalue weighted by Gasteiger charge is 2.15. The normalized spacial score (nSPS) is 14.4. The number of benzene rings is 1. The fourth-order valence-corrected chi connectivity index (χ4v) is 3.12. The molecule has 1 saturated carbocycles. The summed E-state index contributed by atoms with van der Waals surface area (Å²) in [5.41, 5.74) is 1.91. The van der Waals surface area contributed by atoms with E-state index in [1.165, 1.54) is 25.7 Å². The van der Waals surface area contributed by atoms with Crippen molar-refractivity contribution in [2.75, 3.05) is 17.7 Å². The molecular weight excluding hydrogens is 326 g/mol. The Kier molecular flexibility index (Phi) is 5.20. The number of hydrogen-bond donors (Lipinski definition) is 2. The number of nitrogens with one attached hydrogen (secondary N) is 2. The van der Waals surface area contributed by atoms with E-state index in [2.05, 4.69) is 15.6 Å². The molecule has 0 atom stereocenters. The van der Waals surface area contributed by atoms with E-state index in [9.17, 15) is 4.79 Å². The molecule has 24 heavy (non-hydrogen) atoms. The average Bonchev–Trinajstić information content (AvgIpc) is 3.08. The third kappa shape index (κ3) is 3.97. The lowest BCUT2D eigenvalue weighted by Crippen LogP contribution is -2.16. The summed E-state index contributed by atoms with van der Waals surface area (Å²) < 4.78 is 5.09. The Balaban J connectivity index is 1.63. The zero-order valence-corrected chi connectivity index (χ0v) is 14.3. The van der Waals surface area contributed by atoms with Gasteiger partial charge < -0.3 is 15.4 Å². The number of aromatic nitrogens is 1. The second-order valence-electron chi connectivity index (χ2n) is 5.86. The van der Waals surface area contributed by atoms with Crippen LogP contribution in [0, 0.1) is 0 Å². The van der Waals surface area contributed by atoms with Gasteiger partial charge in [0.15, 0.2) is 0 Å². The molecular formula is C18H20ClN3O2. The minimum atomic E-state index is -0.274. The van der Waals surface area contributed by atoms with Gasteiger partial charge in [-0.3, -0.25) is 4.79 Å². The maximum Gasteiger partial charge on any atom is 0.274 e. The van der Waals surface area contributed by atoms with Gasteiger partial charge in [-0.15, -0.1) is 0 Å². The van der Waals surface area contributed by atoms with E-state index in [1.807, 2.05) is 6.07 Å². The molecule has 126 valence electrons. The summed E-state index contributed by atoms with van der Waals surface area (Å²) in [7, 11) is 1.55. The molecule has 0 unspecified atom stereocenters. The maximum atomic E-state index is 12.3. The summed E-state index contributed by atoms with van der Waals surface area (Å²) in [6, 6.07) is 9.22. The van der Waals surface area contributed by atoms with Gasteiger partial charge in [-0.1, -0.05) is 24.4 Å². The van der Waals surface area contributed by atoms with Gasteiger partial charge in [0, 0.05) is 11.7 Å². The Bertz CT molecular complexity index is 713. The second-order valence-corrected chi connectivity index (χ2v) is 6.27. The van der Waals surface area contributed by atoms with Crippen molar-refractivity contribution in [2.45, 2.75) is 31.7 Å². The number of hydrogen-bond acceptors (Lipinski definition) is 4. The van der Waals surface area contributed by atoms with Gasteiger partial charge in [-0.2, -0.15) is 0 Å². The summed E-state index contributed by atoms with van der Waals surface area (Å²) in [4.78, 5) is 16.5. The minimum absolute atomic E-state index is 0.274. The number of rotatable bonds is 5. The fraction of sp³-hybridized carbons (Fsp3) is 0.333. The average molecular weight is 346 g/mol. The number of amides is 1. The van der Waals surface area contributed by atoms with E-state index >= 15 is 0 Å². The van der Waals surface area contributed by atoms with Gasteiger partial charge in [0.05, 0.1) is 24.0 Å². The predicted molar refractivity (Wildman–Crippen MR) is 96.1 cm³/mol. The van der Waals surface area contributed by atoms with Gasteiger partial charge in [0.2, 0.25) is 0 Å². The molecule has 1 heterocycles. The van der Waals surface area contributed by atoms with E-state index < -0.39 is 0 Å². The second kappa shape index (κ2) is 7.53. The van der Waals surface area contributed by atoms with Gasteiger partial charge in [-0.05, 0) is 43.2 Å². The number of anilines is 2. The first kappa shape index (κ1) is 16.6. The number of halogens is 1. The number of ether oxygens (including phenoxy) is 1. The lowest BCUT2D eigenvalue weighted by molar-refractivity contribution is 0.102.